The van der Waals surface area contributed by atoms with Crippen LogP contribution in [0.4, 0.5) is 10.1 Å². The highest BCUT2D eigenvalue weighted by atomic mass is 32.2. The molecule has 0 spiro atoms. The van der Waals surface area contributed by atoms with Gasteiger partial charge in [-0.15, -0.1) is 11.8 Å². The number of aryl methyl sites for hydroxylation is 1. The predicted octanol–water partition coefficient (Wildman–Crippen LogP) is 4.60. The second kappa shape index (κ2) is 8.76. The van der Waals surface area contributed by atoms with Crippen LogP contribution in [0.1, 0.15) is 12.0 Å². The van der Waals surface area contributed by atoms with E-state index in [1.165, 1.54) is 16.5 Å². The molecule has 0 amide bonds. The number of nitrogens with one attached hydrogen (secondary N) is 2. The quantitative estimate of drug-likeness (QED) is 0.458. The number of hydrogen-bond donors (Lipinski definition) is 2. The second-order valence-corrected chi connectivity index (χ2v) is 6.45. The van der Waals surface area contributed by atoms with Gasteiger partial charge in [-0.3, -0.25) is 0 Å². The van der Waals surface area contributed by atoms with Crippen molar-refractivity contribution < 1.29 is 4.39 Å². The van der Waals surface area contributed by atoms with Gasteiger partial charge in [0, 0.05) is 11.4 Å². The van der Waals surface area contributed by atoms with Crippen LogP contribution in [0.25, 0.3) is 0 Å². The molecule has 0 unspecified atom stereocenters. The molecular formula is C17H19FN2S2. The van der Waals surface area contributed by atoms with E-state index in [4.69, 9.17) is 12.2 Å². The van der Waals surface area contributed by atoms with Gasteiger partial charge in [-0.05, 0) is 55.6 Å². The predicted molar refractivity (Wildman–Crippen MR) is 97.1 cm³/mol. The molecule has 0 radical (unpaired) electrons. The van der Waals surface area contributed by atoms with Crippen LogP contribution in [0.3, 0.4) is 0 Å². The van der Waals surface area contributed by atoms with Crippen molar-refractivity contribution in [2.75, 3.05) is 17.6 Å². The SMILES string of the molecule is Cc1ccc(SCCCNC(=S)Nc2ccccc2F)cc1. The molecular weight excluding hydrogens is 315 g/mol. The van der Waals surface area contributed by atoms with E-state index in [1.807, 2.05) is 11.8 Å². The Hall–Kier alpha value is -1.59. The Morgan fingerprint density at radius 2 is 1.86 bits per heavy atom. The molecule has 2 aromatic rings. The van der Waals surface area contributed by atoms with Gasteiger partial charge < -0.3 is 10.6 Å². The third-order valence-corrected chi connectivity index (χ3v) is 4.36. The van der Waals surface area contributed by atoms with Gasteiger partial charge in [-0.2, -0.15) is 0 Å². The van der Waals surface area contributed by atoms with E-state index in [0.29, 0.717) is 10.8 Å². The van der Waals surface area contributed by atoms with Crippen LogP contribution in [0, 0.1) is 12.7 Å². The minimum Gasteiger partial charge on any atom is -0.362 e. The van der Waals surface area contributed by atoms with Gasteiger partial charge in [0.25, 0.3) is 0 Å². The number of hydrogen-bond acceptors (Lipinski definition) is 2. The van der Waals surface area contributed by atoms with Gasteiger partial charge in [0.15, 0.2) is 5.11 Å². The molecule has 22 heavy (non-hydrogen) atoms. The lowest BCUT2D eigenvalue weighted by Gasteiger charge is -2.11. The van der Waals surface area contributed by atoms with Crippen LogP contribution in [-0.2, 0) is 0 Å². The zero-order valence-electron chi connectivity index (χ0n) is 12.4. The number of halogens is 1. The molecule has 2 N–H and O–H groups in total. The highest BCUT2D eigenvalue weighted by Crippen LogP contribution is 2.18. The normalized spacial score (nSPS) is 10.3. The molecule has 0 saturated heterocycles. The molecule has 0 atom stereocenters. The average Bonchev–Trinajstić information content (AvgIpc) is 2.51. The van der Waals surface area contributed by atoms with E-state index < -0.39 is 0 Å². The second-order valence-electron chi connectivity index (χ2n) is 4.88. The third kappa shape index (κ3) is 5.66. The number of rotatable bonds is 6. The molecule has 0 heterocycles. The van der Waals surface area contributed by atoms with Gasteiger partial charge >= 0.3 is 0 Å². The first-order valence-corrected chi connectivity index (χ1v) is 8.53. The molecule has 0 aliphatic rings. The molecule has 5 heteroatoms. The maximum atomic E-state index is 13.5. The highest BCUT2D eigenvalue weighted by molar-refractivity contribution is 7.99. The first kappa shape index (κ1) is 16.8. The maximum absolute atomic E-state index is 13.5. The largest absolute Gasteiger partial charge is 0.362 e. The number of para-hydroxylation sites is 1. The number of thiocarbonyl (C=S) groups is 1. The van der Waals surface area contributed by atoms with Gasteiger partial charge in [0.05, 0.1) is 5.69 Å². The summed E-state index contributed by atoms with van der Waals surface area (Å²) in [7, 11) is 0. The Morgan fingerprint density at radius 1 is 1.14 bits per heavy atom. The van der Waals surface area contributed by atoms with E-state index in [2.05, 4.69) is 41.8 Å². The minimum absolute atomic E-state index is 0.304. The van der Waals surface area contributed by atoms with Crippen molar-refractivity contribution in [2.24, 2.45) is 0 Å². The molecule has 0 saturated carbocycles. The Kier molecular flexibility index (Phi) is 6.68. The molecule has 0 aliphatic heterocycles. The van der Waals surface area contributed by atoms with Crippen molar-refractivity contribution in [1.82, 2.24) is 5.32 Å². The standard InChI is InChI=1S/C17H19FN2S2/c1-13-7-9-14(10-8-13)22-12-4-11-19-17(21)20-16-6-3-2-5-15(16)18/h2-3,5-10H,4,11-12H2,1H3,(H2,19,20,21). The molecule has 2 nitrogen and oxygen atoms in total. The fraction of sp³-hybridized carbons (Fsp3) is 0.235. The van der Waals surface area contributed by atoms with Crippen molar-refractivity contribution in [3.63, 3.8) is 0 Å². The minimum atomic E-state index is -0.304. The number of thioether (sulfide) groups is 1. The Labute approximate surface area is 140 Å². The van der Waals surface area contributed by atoms with E-state index in [9.17, 15) is 4.39 Å². The average molecular weight is 334 g/mol. The maximum Gasteiger partial charge on any atom is 0.170 e. The first-order valence-electron chi connectivity index (χ1n) is 7.14. The van der Waals surface area contributed by atoms with E-state index >= 15 is 0 Å². The van der Waals surface area contributed by atoms with Crippen molar-refractivity contribution in [1.29, 1.82) is 0 Å². The van der Waals surface area contributed by atoms with Crippen molar-refractivity contribution >= 4 is 34.8 Å². The lowest BCUT2D eigenvalue weighted by atomic mass is 10.2. The molecule has 0 bridgehead atoms. The number of benzene rings is 2. The molecule has 0 aromatic heterocycles. The van der Waals surface area contributed by atoms with Crippen molar-refractivity contribution in [3.05, 3.63) is 59.9 Å². The van der Waals surface area contributed by atoms with Gasteiger partial charge in [-0.1, -0.05) is 29.8 Å². The molecule has 2 rings (SSSR count). The van der Waals surface area contributed by atoms with Crippen molar-refractivity contribution in [2.45, 2.75) is 18.2 Å². The molecule has 2 aromatic carbocycles. The Bertz CT molecular complexity index is 614. The summed E-state index contributed by atoms with van der Waals surface area (Å²) in [6.07, 6.45) is 0.984. The fourth-order valence-corrected chi connectivity index (χ4v) is 2.89. The molecule has 0 fully saturated rings. The van der Waals surface area contributed by atoms with E-state index in [1.54, 1.807) is 18.2 Å². The summed E-state index contributed by atoms with van der Waals surface area (Å²) in [6, 6.07) is 15.0. The van der Waals surface area contributed by atoms with Gasteiger partial charge in [0.2, 0.25) is 0 Å². The van der Waals surface area contributed by atoms with Crippen LogP contribution < -0.4 is 10.6 Å². The lowest BCUT2D eigenvalue weighted by molar-refractivity contribution is 0.632. The summed E-state index contributed by atoms with van der Waals surface area (Å²) in [5, 5.41) is 6.41. The summed E-state index contributed by atoms with van der Waals surface area (Å²) in [6.45, 7) is 2.85. The molecule has 116 valence electrons. The third-order valence-electron chi connectivity index (χ3n) is 3.02. The van der Waals surface area contributed by atoms with Crippen LogP contribution in [-0.4, -0.2) is 17.4 Å². The zero-order valence-corrected chi connectivity index (χ0v) is 14.1. The monoisotopic (exact) mass is 334 g/mol. The lowest BCUT2D eigenvalue weighted by Crippen LogP contribution is -2.29. The van der Waals surface area contributed by atoms with Crippen molar-refractivity contribution in [3.8, 4) is 0 Å². The van der Waals surface area contributed by atoms with E-state index in [-0.39, 0.29) is 5.82 Å². The number of anilines is 1. The fourth-order valence-electron chi connectivity index (χ4n) is 1.83. The Morgan fingerprint density at radius 3 is 2.59 bits per heavy atom. The Balaban J connectivity index is 1.63. The summed E-state index contributed by atoms with van der Waals surface area (Å²) in [4.78, 5) is 1.28. The van der Waals surface area contributed by atoms with Crippen LogP contribution in [0.5, 0.6) is 0 Å². The van der Waals surface area contributed by atoms with Crippen LogP contribution >= 0.6 is 24.0 Å². The van der Waals surface area contributed by atoms with Gasteiger partial charge in [0.1, 0.15) is 5.82 Å². The topological polar surface area (TPSA) is 24.1 Å². The smallest absolute Gasteiger partial charge is 0.170 e. The van der Waals surface area contributed by atoms with E-state index in [0.717, 1.165) is 18.7 Å². The summed E-state index contributed by atoms with van der Waals surface area (Å²) in [5.74, 6) is 0.708. The highest BCUT2D eigenvalue weighted by Gasteiger charge is 2.02. The molecule has 0 aliphatic carbocycles. The van der Waals surface area contributed by atoms with Crippen LogP contribution in [0.2, 0.25) is 0 Å². The zero-order chi connectivity index (χ0) is 15.8. The summed E-state index contributed by atoms with van der Waals surface area (Å²) in [5.41, 5.74) is 1.67. The first-order chi connectivity index (χ1) is 10.6. The summed E-state index contributed by atoms with van der Waals surface area (Å²) >= 11 is 6.98. The summed E-state index contributed by atoms with van der Waals surface area (Å²) < 4.78 is 13.5. The van der Waals surface area contributed by atoms with Crippen LogP contribution in [0.15, 0.2) is 53.4 Å². The van der Waals surface area contributed by atoms with Gasteiger partial charge in [-0.25, -0.2) is 4.39 Å².